The molecule has 160 valence electrons. The third-order valence-corrected chi connectivity index (χ3v) is 5.93. The first kappa shape index (κ1) is 19.9. The van der Waals surface area contributed by atoms with Crippen LogP contribution in [-0.4, -0.2) is 58.8 Å². The lowest BCUT2D eigenvalue weighted by Gasteiger charge is -2.35. The minimum atomic E-state index is -0.401. The summed E-state index contributed by atoms with van der Waals surface area (Å²) in [5.74, 6) is -0.129. The van der Waals surface area contributed by atoms with Crippen molar-refractivity contribution in [3.8, 4) is 0 Å². The second-order valence-electron chi connectivity index (χ2n) is 7.84. The quantitative estimate of drug-likeness (QED) is 0.597. The number of rotatable bonds is 3. The van der Waals surface area contributed by atoms with Crippen LogP contribution in [0.4, 0.5) is 11.5 Å². The van der Waals surface area contributed by atoms with Gasteiger partial charge in [0.05, 0.1) is 23.0 Å². The maximum atomic E-state index is 13.1. The zero-order chi connectivity index (χ0) is 22.2. The maximum absolute atomic E-state index is 13.1. The monoisotopic (exact) mass is 427 g/mol. The number of anilines is 2. The molecular formula is C24H21N5O3. The van der Waals surface area contributed by atoms with E-state index in [0.717, 1.165) is 11.4 Å². The van der Waals surface area contributed by atoms with Gasteiger partial charge in [-0.15, -0.1) is 0 Å². The summed E-state index contributed by atoms with van der Waals surface area (Å²) in [5.41, 5.74) is 2.39. The smallest absolute Gasteiger partial charge is 0.266 e. The third-order valence-electron chi connectivity index (χ3n) is 5.93. The van der Waals surface area contributed by atoms with Crippen molar-refractivity contribution in [2.24, 2.45) is 0 Å². The molecule has 2 aliphatic rings. The first-order valence-electron chi connectivity index (χ1n) is 10.4. The van der Waals surface area contributed by atoms with Crippen molar-refractivity contribution < 1.29 is 14.4 Å². The van der Waals surface area contributed by atoms with Gasteiger partial charge < -0.3 is 9.80 Å². The van der Waals surface area contributed by atoms with E-state index < -0.39 is 5.91 Å². The zero-order valence-electron chi connectivity index (χ0n) is 17.6. The molecule has 8 nitrogen and oxygen atoms in total. The second-order valence-corrected chi connectivity index (χ2v) is 7.84. The van der Waals surface area contributed by atoms with E-state index in [1.807, 2.05) is 19.1 Å². The molecule has 2 aliphatic heterocycles. The fourth-order valence-electron chi connectivity index (χ4n) is 4.18. The van der Waals surface area contributed by atoms with Crippen molar-refractivity contribution >= 4 is 29.2 Å². The number of carbonyl (C=O) groups excluding carboxylic acids is 3. The van der Waals surface area contributed by atoms with Crippen LogP contribution in [0.15, 0.2) is 61.1 Å². The topological polar surface area (TPSA) is 86.7 Å². The number of para-hydroxylation sites is 1. The van der Waals surface area contributed by atoms with Crippen LogP contribution in [0.25, 0.3) is 0 Å². The molecule has 3 amide bonds. The highest BCUT2D eigenvalue weighted by molar-refractivity contribution is 6.35. The fraction of sp³-hybridized carbons (Fsp3) is 0.208. The Hall–Kier alpha value is -4.07. The van der Waals surface area contributed by atoms with E-state index in [1.54, 1.807) is 53.8 Å². The number of piperazine rings is 1. The van der Waals surface area contributed by atoms with Crippen molar-refractivity contribution in [1.29, 1.82) is 0 Å². The predicted octanol–water partition coefficient (Wildman–Crippen LogP) is 2.55. The highest BCUT2D eigenvalue weighted by Gasteiger charge is 2.38. The average Bonchev–Trinajstić information content (AvgIpc) is 3.09. The molecule has 0 atom stereocenters. The first-order valence-corrected chi connectivity index (χ1v) is 10.4. The SMILES string of the molecule is Cc1ccccc1N1C(=O)c2ccc(C(=O)N3CCN(c4cnccn4)CC3)cc2C1=O. The van der Waals surface area contributed by atoms with Gasteiger partial charge in [0.15, 0.2) is 0 Å². The Morgan fingerprint density at radius 1 is 0.906 bits per heavy atom. The summed E-state index contributed by atoms with van der Waals surface area (Å²) in [6, 6.07) is 12.0. The molecule has 0 spiro atoms. The van der Waals surface area contributed by atoms with E-state index in [4.69, 9.17) is 0 Å². The van der Waals surface area contributed by atoms with Crippen LogP contribution in [0.1, 0.15) is 36.6 Å². The van der Waals surface area contributed by atoms with Crippen LogP contribution in [0.3, 0.4) is 0 Å². The minimum Gasteiger partial charge on any atom is -0.352 e. The number of benzene rings is 2. The number of nitrogens with zero attached hydrogens (tertiary/aromatic N) is 5. The van der Waals surface area contributed by atoms with Crippen LogP contribution in [-0.2, 0) is 0 Å². The number of aryl methyl sites for hydroxylation is 1. The summed E-state index contributed by atoms with van der Waals surface area (Å²) in [6.07, 6.45) is 4.99. The molecule has 5 rings (SSSR count). The van der Waals surface area contributed by atoms with Gasteiger partial charge in [0.2, 0.25) is 0 Å². The lowest BCUT2D eigenvalue weighted by molar-refractivity contribution is 0.0746. The van der Waals surface area contributed by atoms with Gasteiger partial charge in [-0.05, 0) is 36.8 Å². The molecule has 3 heterocycles. The summed E-state index contributed by atoms with van der Waals surface area (Å²) in [6.45, 7) is 4.22. The molecule has 32 heavy (non-hydrogen) atoms. The molecule has 0 bridgehead atoms. The Balaban J connectivity index is 1.35. The third kappa shape index (κ3) is 3.30. The molecule has 8 heteroatoms. The molecule has 1 aromatic heterocycles. The highest BCUT2D eigenvalue weighted by atomic mass is 16.2. The number of fused-ring (bicyclic) bond motifs is 1. The molecule has 0 aliphatic carbocycles. The van der Waals surface area contributed by atoms with Crippen molar-refractivity contribution in [2.45, 2.75) is 6.92 Å². The van der Waals surface area contributed by atoms with Crippen LogP contribution >= 0.6 is 0 Å². The standard InChI is InChI=1S/C24H21N5O3/c1-16-4-2-3-5-20(16)29-23(31)18-7-6-17(14-19(18)24(29)32)22(30)28-12-10-27(11-13-28)21-15-25-8-9-26-21/h2-9,14-15H,10-13H2,1H3. The number of hydrogen-bond acceptors (Lipinski definition) is 6. The number of carbonyl (C=O) groups is 3. The molecule has 3 aromatic rings. The lowest BCUT2D eigenvalue weighted by Crippen LogP contribution is -2.49. The van der Waals surface area contributed by atoms with Crippen LogP contribution in [0.2, 0.25) is 0 Å². The lowest BCUT2D eigenvalue weighted by atomic mass is 10.0. The average molecular weight is 427 g/mol. The summed E-state index contributed by atoms with van der Waals surface area (Å²) < 4.78 is 0. The molecule has 0 radical (unpaired) electrons. The van der Waals surface area contributed by atoms with Crippen molar-refractivity contribution in [1.82, 2.24) is 14.9 Å². The fourth-order valence-corrected chi connectivity index (χ4v) is 4.18. The van der Waals surface area contributed by atoms with Crippen molar-refractivity contribution in [3.63, 3.8) is 0 Å². The van der Waals surface area contributed by atoms with Crippen molar-refractivity contribution in [2.75, 3.05) is 36.0 Å². The van der Waals surface area contributed by atoms with Gasteiger partial charge in [0.25, 0.3) is 17.7 Å². The van der Waals surface area contributed by atoms with Crippen LogP contribution < -0.4 is 9.80 Å². The molecule has 0 saturated carbocycles. The number of hydrogen-bond donors (Lipinski definition) is 0. The summed E-state index contributed by atoms with van der Waals surface area (Å²) in [4.78, 5) is 52.5. The van der Waals surface area contributed by atoms with Gasteiger partial charge in [0, 0.05) is 44.1 Å². The Bertz CT molecular complexity index is 1220. The number of imide groups is 1. The van der Waals surface area contributed by atoms with Gasteiger partial charge in [-0.3, -0.25) is 19.4 Å². The summed E-state index contributed by atoms with van der Waals surface area (Å²) >= 11 is 0. The van der Waals surface area contributed by atoms with Gasteiger partial charge >= 0.3 is 0 Å². The van der Waals surface area contributed by atoms with E-state index in [0.29, 0.717) is 43.0 Å². The van der Waals surface area contributed by atoms with Crippen molar-refractivity contribution in [3.05, 3.63) is 83.3 Å². The Labute approximate surface area is 185 Å². The number of amides is 3. The Morgan fingerprint density at radius 3 is 2.38 bits per heavy atom. The van der Waals surface area contributed by atoms with Crippen LogP contribution in [0, 0.1) is 6.92 Å². The van der Waals surface area contributed by atoms with E-state index >= 15 is 0 Å². The summed E-state index contributed by atoms with van der Waals surface area (Å²) in [5, 5.41) is 0. The molecule has 0 unspecified atom stereocenters. The highest BCUT2D eigenvalue weighted by Crippen LogP contribution is 2.31. The van der Waals surface area contributed by atoms with E-state index in [1.165, 1.54) is 4.90 Å². The molecule has 1 fully saturated rings. The molecule has 1 saturated heterocycles. The molecule has 2 aromatic carbocycles. The zero-order valence-corrected chi connectivity index (χ0v) is 17.6. The largest absolute Gasteiger partial charge is 0.352 e. The molecule has 0 N–H and O–H groups in total. The van der Waals surface area contributed by atoms with Gasteiger partial charge in [-0.2, -0.15) is 0 Å². The summed E-state index contributed by atoms with van der Waals surface area (Å²) in [7, 11) is 0. The Morgan fingerprint density at radius 2 is 1.66 bits per heavy atom. The van der Waals surface area contributed by atoms with E-state index in [2.05, 4.69) is 14.9 Å². The minimum absolute atomic E-state index is 0.152. The van der Waals surface area contributed by atoms with E-state index in [9.17, 15) is 14.4 Å². The first-order chi connectivity index (χ1) is 15.5. The maximum Gasteiger partial charge on any atom is 0.266 e. The van der Waals surface area contributed by atoms with E-state index in [-0.39, 0.29) is 17.4 Å². The normalized spacial score (nSPS) is 15.8. The molecular weight excluding hydrogens is 406 g/mol. The number of aromatic nitrogens is 2. The Kier molecular flexibility index (Phi) is 4.89. The van der Waals surface area contributed by atoms with Gasteiger partial charge in [0.1, 0.15) is 5.82 Å². The van der Waals surface area contributed by atoms with Crippen LogP contribution in [0.5, 0.6) is 0 Å². The second kappa shape index (κ2) is 7.88. The van der Waals surface area contributed by atoms with Gasteiger partial charge in [-0.1, -0.05) is 18.2 Å². The predicted molar refractivity (Wildman–Crippen MR) is 119 cm³/mol. The van der Waals surface area contributed by atoms with Gasteiger partial charge in [-0.25, -0.2) is 9.88 Å².